The zero-order chi connectivity index (χ0) is 33.9. The lowest BCUT2D eigenvalue weighted by Gasteiger charge is -2.33. The maximum Gasteiger partial charge on any atom is 0.0713 e. The van der Waals surface area contributed by atoms with Crippen LogP contribution in [-0.4, -0.2) is 4.57 Å². The first-order valence-corrected chi connectivity index (χ1v) is 18.2. The fourth-order valence-electron chi connectivity index (χ4n) is 8.53. The lowest BCUT2D eigenvalue weighted by molar-refractivity contribution is 0.768. The first kappa shape index (κ1) is 29.9. The maximum absolute atomic E-state index is 3.62. The summed E-state index contributed by atoms with van der Waals surface area (Å²) in [5.74, 6) is 0. The smallest absolute Gasteiger partial charge is 0.0713 e. The van der Waals surface area contributed by atoms with Gasteiger partial charge in [0.15, 0.2) is 0 Å². The molecule has 0 unspecified atom stereocenters. The average Bonchev–Trinajstić information content (AvgIpc) is 3.69. The molecule has 51 heavy (non-hydrogen) atoms. The van der Waals surface area contributed by atoms with E-state index in [1.165, 1.54) is 77.4 Å². The number of rotatable bonds is 5. The molecule has 0 saturated carbocycles. The Kier molecular flexibility index (Phi) is 6.94. The molecule has 240 valence electrons. The number of fused-ring (bicyclic) bond motifs is 6. The molecular formula is C49H32BrN. The van der Waals surface area contributed by atoms with Gasteiger partial charge in [0, 0.05) is 20.9 Å². The van der Waals surface area contributed by atoms with Crippen molar-refractivity contribution < 1.29 is 0 Å². The Bertz CT molecular complexity index is 2700. The fraction of sp³-hybridized carbons (Fsp3) is 0.0204. The highest BCUT2D eigenvalue weighted by Crippen LogP contribution is 2.56. The minimum Gasteiger partial charge on any atom is -0.309 e. The van der Waals surface area contributed by atoms with Crippen LogP contribution >= 0.6 is 15.9 Å². The van der Waals surface area contributed by atoms with Crippen LogP contribution in [-0.2, 0) is 5.41 Å². The molecule has 1 aromatic heterocycles. The second-order valence-electron chi connectivity index (χ2n) is 13.4. The average molecular weight is 715 g/mol. The Hall–Kier alpha value is -5.96. The summed E-state index contributed by atoms with van der Waals surface area (Å²) in [6, 6.07) is 71.3. The van der Waals surface area contributed by atoms with E-state index in [1.54, 1.807) is 0 Å². The molecule has 1 heterocycles. The molecule has 1 nitrogen and oxygen atoms in total. The Morgan fingerprint density at radius 3 is 1.69 bits per heavy atom. The van der Waals surface area contributed by atoms with Crippen molar-refractivity contribution in [3.63, 3.8) is 0 Å². The minimum atomic E-state index is -0.414. The molecule has 2 heteroatoms. The van der Waals surface area contributed by atoms with E-state index in [-0.39, 0.29) is 0 Å². The molecule has 0 saturated heterocycles. The fourth-order valence-corrected chi connectivity index (χ4v) is 8.93. The summed E-state index contributed by atoms with van der Waals surface area (Å²) < 4.78 is 3.54. The minimum absolute atomic E-state index is 0.414. The van der Waals surface area contributed by atoms with Crippen molar-refractivity contribution in [3.05, 3.63) is 221 Å². The number of halogens is 1. The van der Waals surface area contributed by atoms with Crippen molar-refractivity contribution in [1.82, 2.24) is 4.57 Å². The van der Waals surface area contributed by atoms with Gasteiger partial charge in [-0.3, -0.25) is 0 Å². The summed E-state index contributed by atoms with van der Waals surface area (Å²) in [7, 11) is 0. The molecule has 0 N–H and O–H groups in total. The van der Waals surface area contributed by atoms with Gasteiger partial charge in [-0.15, -0.1) is 0 Å². The zero-order valence-corrected chi connectivity index (χ0v) is 29.4. The lowest BCUT2D eigenvalue weighted by Crippen LogP contribution is -2.28. The van der Waals surface area contributed by atoms with E-state index in [0.717, 1.165) is 10.2 Å². The molecule has 0 atom stereocenters. The van der Waals surface area contributed by atoms with E-state index in [1.807, 2.05) is 0 Å². The van der Waals surface area contributed by atoms with Gasteiger partial charge in [-0.05, 0) is 92.0 Å². The molecule has 0 bridgehead atoms. The molecule has 8 aromatic carbocycles. The quantitative estimate of drug-likeness (QED) is 0.167. The largest absolute Gasteiger partial charge is 0.309 e. The van der Waals surface area contributed by atoms with Gasteiger partial charge in [0.2, 0.25) is 0 Å². The third-order valence-electron chi connectivity index (χ3n) is 10.8. The van der Waals surface area contributed by atoms with Crippen LogP contribution in [0.3, 0.4) is 0 Å². The van der Waals surface area contributed by atoms with Crippen molar-refractivity contribution >= 4 is 37.7 Å². The monoisotopic (exact) mass is 713 g/mol. The number of aromatic nitrogens is 1. The second kappa shape index (κ2) is 11.8. The topological polar surface area (TPSA) is 4.93 Å². The molecule has 0 amide bonds. The summed E-state index contributed by atoms with van der Waals surface area (Å²) in [6.07, 6.45) is 0. The van der Waals surface area contributed by atoms with Crippen molar-refractivity contribution in [2.75, 3.05) is 0 Å². The highest BCUT2D eigenvalue weighted by atomic mass is 79.9. The highest BCUT2D eigenvalue weighted by Gasteiger charge is 2.46. The molecular weight excluding hydrogens is 682 g/mol. The van der Waals surface area contributed by atoms with Crippen molar-refractivity contribution in [2.24, 2.45) is 0 Å². The molecule has 0 spiro atoms. The van der Waals surface area contributed by atoms with Gasteiger partial charge in [0.25, 0.3) is 0 Å². The van der Waals surface area contributed by atoms with Crippen LogP contribution in [0, 0.1) is 0 Å². The maximum atomic E-state index is 3.62. The molecule has 1 aliphatic rings. The summed E-state index contributed by atoms with van der Waals surface area (Å²) in [4.78, 5) is 0. The predicted molar refractivity (Wildman–Crippen MR) is 217 cm³/mol. The predicted octanol–water partition coefficient (Wildman–Crippen LogP) is 13.2. The number of nitrogens with zero attached hydrogens (tertiary/aromatic N) is 1. The Balaban J connectivity index is 1.17. The third kappa shape index (κ3) is 4.60. The second-order valence-corrected chi connectivity index (χ2v) is 14.3. The van der Waals surface area contributed by atoms with E-state index < -0.39 is 5.41 Å². The van der Waals surface area contributed by atoms with Crippen LogP contribution in [0.1, 0.15) is 22.3 Å². The SMILES string of the molecule is Brc1cccc(-c2ccc(-c3ccc4c5ccccc5n(-c5ccc6c(c5)-c5ccccc5C6(c5ccccc5)c5ccccc5)c4c3)cc2)c1. The van der Waals surface area contributed by atoms with E-state index >= 15 is 0 Å². The van der Waals surface area contributed by atoms with Gasteiger partial charge in [0.05, 0.1) is 16.4 Å². The first-order valence-electron chi connectivity index (χ1n) is 17.5. The van der Waals surface area contributed by atoms with Gasteiger partial charge < -0.3 is 4.57 Å². The number of hydrogen-bond acceptors (Lipinski definition) is 0. The summed E-state index contributed by atoms with van der Waals surface area (Å²) in [5.41, 5.74) is 15.7. The van der Waals surface area contributed by atoms with Crippen molar-refractivity contribution in [2.45, 2.75) is 5.41 Å². The van der Waals surface area contributed by atoms with Gasteiger partial charge in [-0.25, -0.2) is 0 Å². The first-order chi connectivity index (χ1) is 25.2. The van der Waals surface area contributed by atoms with Crippen LogP contribution < -0.4 is 0 Å². The summed E-state index contributed by atoms with van der Waals surface area (Å²) >= 11 is 3.62. The molecule has 0 radical (unpaired) electrons. The van der Waals surface area contributed by atoms with Crippen molar-refractivity contribution in [1.29, 1.82) is 0 Å². The van der Waals surface area contributed by atoms with E-state index in [4.69, 9.17) is 0 Å². The van der Waals surface area contributed by atoms with E-state index in [2.05, 4.69) is 215 Å². The van der Waals surface area contributed by atoms with Crippen LogP contribution in [0.4, 0.5) is 0 Å². The van der Waals surface area contributed by atoms with Gasteiger partial charge in [-0.1, -0.05) is 174 Å². The Morgan fingerprint density at radius 2 is 0.961 bits per heavy atom. The molecule has 0 fully saturated rings. The number of hydrogen-bond donors (Lipinski definition) is 0. The highest BCUT2D eigenvalue weighted by molar-refractivity contribution is 9.10. The standard InChI is InChI=1S/C49H32BrN/c50-39-17-11-12-35(30-39)33-22-24-34(25-23-33)36-26-28-43-42-19-8-10-21-47(42)51(48(43)31-36)40-27-29-46-44(32-40)41-18-7-9-20-45(41)49(46,37-13-3-1-4-14-37)38-15-5-2-6-16-38/h1-32H. The van der Waals surface area contributed by atoms with Gasteiger partial charge in [0.1, 0.15) is 0 Å². The number of para-hydroxylation sites is 1. The van der Waals surface area contributed by atoms with Crippen LogP contribution in [0.15, 0.2) is 199 Å². The Morgan fingerprint density at radius 1 is 0.373 bits per heavy atom. The number of benzene rings is 8. The normalized spacial score (nSPS) is 13.0. The molecule has 9 aromatic rings. The summed E-state index contributed by atoms with van der Waals surface area (Å²) in [5, 5.41) is 2.51. The lowest BCUT2D eigenvalue weighted by atomic mass is 9.68. The third-order valence-corrected chi connectivity index (χ3v) is 11.2. The van der Waals surface area contributed by atoms with Crippen LogP contribution in [0.25, 0.3) is 60.9 Å². The van der Waals surface area contributed by atoms with Crippen LogP contribution in [0.2, 0.25) is 0 Å². The van der Waals surface area contributed by atoms with E-state index in [9.17, 15) is 0 Å². The van der Waals surface area contributed by atoms with Gasteiger partial charge >= 0.3 is 0 Å². The molecule has 10 rings (SSSR count). The summed E-state index contributed by atoms with van der Waals surface area (Å²) in [6.45, 7) is 0. The molecule has 1 aliphatic carbocycles. The van der Waals surface area contributed by atoms with Gasteiger partial charge in [-0.2, -0.15) is 0 Å². The zero-order valence-electron chi connectivity index (χ0n) is 27.8. The molecule has 0 aliphatic heterocycles. The van der Waals surface area contributed by atoms with Crippen LogP contribution in [0.5, 0.6) is 0 Å². The van der Waals surface area contributed by atoms with Crippen molar-refractivity contribution in [3.8, 4) is 39.1 Å². The van der Waals surface area contributed by atoms with E-state index in [0.29, 0.717) is 0 Å². The Labute approximate surface area is 306 Å².